The van der Waals surface area contributed by atoms with Crippen molar-refractivity contribution in [2.75, 3.05) is 0 Å². The van der Waals surface area contributed by atoms with Crippen LogP contribution in [0.2, 0.25) is 0 Å². The second kappa shape index (κ2) is 6.28. The van der Waals surface area contributed by atoms with E-state index < -0.39 is 0 Å². The van der Waals surface area contributed by atoms with Crippen LogP contribution in [-0.4, -0.2) is 9.97 Å². The molecule has 6 nitrogen and oxygen atoms in total. The number of benzene rings is 3. The Hall–Kier alpha value is -4.06. The molecule has 0 saturated carbocycles. The van der Waals surface area contributed by atoms with E-state index in [9.17, 15) is 9.59 Å². The van der Waals surface area contributed by atoms with Gasteiger partial charge in [0.2, 0.25) is 11.8 Å². The van der Waals surface area contributed by atoms with Gasteiger partial charge in [0.25, 0.3) is 11.1 Å². The highest BCUT2D eigenvalue weighted by Crippen LogP contribution is 2.26. The fourth-order valence-corrected chi connectivity index (χ4v) is 3.06. The molecule has 0 aliphatic heterocycles. The standard InChI is InChI=1S/C22H12N2O4/c25-19-15-8-1-3-10-17(15)27-21(23-19)13-6-5-7-14(12-13)22-24-20(26)16-9-2-4-11-18(16)28-22/h1-12H. The van der Waals surface area contributed by atoms with Crippen molar-refractivity contribution in [1.29, 1.82) is 0 Å². The van der Waals surface area contributed by atoms with E-state index in [-0.39, 0.29) is 22.9 Å². The van der Waals surface area contributed by atoms with Gasteiger partial charge >= 0.3 is 0 Å². The first-order valence-electron chi connectivity index (χ1n) is 8.60. The Labute approximate surface area is 157 Å². The third-order valence-corrected chi connectivity index (χ3v) is 4.41. The lowest BCUT2D eigenvalue weighted by atomic mass is 10.1. The van der Waals surface area contributed by atoms with Crippen LogP contribution in [0.25, 0.3) is 44.8 Å². The molecular weight excluding hydrogens is 356 g/mol. The van der Waals surface area contributed by atoms with Crippen LogP contribution in [0.4, 0.5) is 0 Å². The van der Waals surface area contributed by atoms with Gasteiger partial charge < -0.3 is 8.83 Å². The van der Waals surface area contributed by atoms with Gasteiger partial charge in [-0.25, -0.2) is 0 Å². The Bertz CT molecular complexity index is 1360. The molecule has 0 fully saturated rings. The highest BCUT2D eigenvalue weighted by atomic mass is 16.3. The van der Waals surface area contributed by atoms with E-state index >= 15 is 0 Å². The minimum absolute atomic E-state index is 0.189. The molecule has 0 radical (unpaired) electrons. The van der Waals surface area contributed by atoms with Crippen molar-refractivity contribution >= 4 is 21.9 Å². The third-order valence-electron chi connectivity index (χ3n) is 4.41. The van der Waals surface area contributed by atoms with Crippen molar-refractivity contribution in [3.8, 4) is 22.9 Å². The molecule has 0 saturated heterocycles. The molecule has 0 aliphatic carbocycles. The molecule has 134 valence electrons. The molecule has 2 aromatic heterocycles. The van der Waals surface area contributed by atoms with Crippen LogP contribution in [-0.2, 0) is 0 Å². The Balaban J connectivity index is 1.67. The van der Waals surface area contributed by atoms with E-state index in [0.717, 1.165) is 0 Å². The first-order valence-corrected chi connectivity index (χ1v) is 8.60. The molecular formula is C22H12N2O4. The first-order chi connectivity index (χ1) is 13.7. The largest absolute Gasteiger partial charge is 0.437 e. The third kappa shape index (κ3) is 2.68. The fraction of sp³-hybridized carbons (Fsp3) is 0. The molecule has 0 unspecified atom stereocenters. The van der Waals surface area contributed by atoms with Crippen LogP contribution in [0.15, 0.2) is 91.2 Å². The molecule has 5 aromatic rings. The Morgan fingerprint density at radius 1 is 0.571 bits per heavy atom. The van der Waals surface area contributed by atoms with E-state index in [1.807, 2.05) is 0 Å². The number of fused-ring (bicyclic) bond motifs is 2. The van der Waals surface area contributed by atoms with E-state index in [2.05, 4.69) is 9.97 Å². The summed E-state index contributed by atoms with van der Waals surface area (Å²) in [5, 5.41) is 0.842. The summed E-state index contributed by atoms with van der Waals surface area (Å²) >= 11 is 0. The number of hydrogen-bond donors (Lipinski definition) is 0. The molecule has 0 atom stereocenters. The van der Waals surface area contributed by atoms with Gasteiger partial charge in [-0.2, -0.15) is 9.97 Å². The molecule has 0 amide bonds. The Morgan fingerprint density at radius 3 is 1.54 bits per heavy atom. The maximum Gasteiger partial charge on any atom is 0.284 e. The summed E-state index contributed by atoms with van der Waals surface area (Å²) in [7, 11) is 0. The van der Waals surface area contributed by atoms with Gasteiger partial charge in [0.05, 0.1) is 10.8 Å². The van der Waals surface area contributed by atoms with Gasteiger partial charge in [-0.1, -0.05) is 30.3 Å². The zero-order valence-electron chi connectivity index (χ0n) is 14.5. The normalized spacial score (nSPS) is 11.1. The maximum atomic E-state index is 12.3. The molecule has 0 aliphatic rings. The summed E-state index contributed by atoms with van der Waals surface area (Å²) in [6, 6.07) is 20.9. The van der Waals surface area contributed by atoms with Gasteiger partial charge in [0.15, 0.2) is 0 Å². The van der Waals surface area contributed by atoms with E-state index in [1.54, 1.807) is 72.8 Å². The topological polar surface area (TPSA) is 86.2 Å². The van der Waals surface area contributed by atoms with Crippen LogP contribution < -0.4 is 11.1 Å². The van der Waals surface area contributed by atoms with Crippen molar-refractivity contribution in [2.24, 2.45) is 0 Å². The number of rotatable bonds is 2. The molecule has 0 spiro atoms. The van der Waals surface area contributed by atoms with Crippen LogP contribution in [0.5, 0.6) is 0 Å². The average Bonchev–Trinajstić information content (AvgIpc) is 2.74. The van der Waals surface area contributed by atoms with Gasteiger partial charge in [-0.05, 0) is 42.5 Å². The SMILES string of the molecule is O=c1nc(-c2cccc(-c3nc(=O)c4ccccc4o3)c2)oc2ccccc12. The van der Waals surface area contributed by atoms with E-state index in [0.29, 0.717) is 33.1 Å². The minimum atomic E-state index is -0.363. The summed E-state index contributed by atoms with van der Waals surface area (Å²) < 4.78 is 11.6. The summed E-state index contributed by atoms with van der Waals surface area (Å²) in [6.07, 6.45) is 0. The molecule has 2 heterocycles. The lowest BCUT2D eigenvalue weighted by Gasteiger charge is -2.05. The monoisotopic (exact) mass is 368 g/mol. The summed E-state index contributed by atoms with van der Waals surface area (Å²) in [5.41, 5.74) is 1.35. The zero-order chi connectivity index (χ0) is 19.1. The fourth-order valence-electron chi connectivity index (χ4n) is 3.06. The van der Waals surface area contributed by atoms with Gasteiger partial charge in [0.1, 0.15) is 11.2 Å². The highest BCUT2D eigenvalue weighted by Gasteiger charge is 2.12. The molecule has 28 heavy (non-hydrogen) atoms. The van der Waals surface area contributed by atoms with Gasteiger partial charge in [-0.15, -0.1) is 0 Å². The smallest absolute Gasteiger partial charge is 0.284 e. The van der Waals surface area contributed by atoms with Crippen LogP contribution in [0.1, 0.15) is 0 Å². The molecule has 0 N–H and O–H groups in total. The van der Waals surface area contributed by atoms with Crippen molar-refractivity contribution in [3.63, 3.8) is 0 Å². The molecule has 3 aromatic carbocycles. The van der Waals surface area contributed by atoms with Gasteiger partial charge in [-0.3, -0.25) is 9.59 Å². The lowest BCUT2D eigenvalue weighted by molar-refractivity contribution is 0.592. The van der Waals surface area contributed by atoms with Crippen LogP contribution in [0, 0.1) is 0 Å². The second-order valence-corrected chi connectivity index (χ2v) is 6.22. The van der Waals surface area contributed by atoms with Crippen LogP contribution in [0.3, 0.4) is 0 Å². The maximum absolute atomic E-state index is 12.3. The average molecular weight is 368 g/mol. The summed E-state index contributed by atoms with van der Waals surface area (Å²) in [5.74, 6) is 0.377. The zero-order valence-corrected chi connectivity index (χ0v) is 14.5. The van der Waals surface area contributed by atoms with Crippen molar-refractivity contribution in [1.82, 2.24) is 9.97 Å². The van der Waals surface area contributed by atoms with Crippen molar-refractivity contribution in [3.05, 3.63) is 93.5 Å². The number of para-hydroxylation sites is 2. The second-order valence-electron chi connectivity index (χ2n) is 6.22. The number of hydrogen-bond acceptors (Lipinski definition) is 6. The molecule has 5 rings (SSSR count). The van der Waals surface area contributed by atoms with Crippen molar-refractivity contribution in [2.45, 2.75) is 0 Å². The predicted octanol–water partition coefficient (Wildman–Crippen LogP) is 4.02. The van der Waals surface area contributed by atoms with Crippen LogP contribution >= 0.6 is 0 Å². The lowest BCUT2D eigenvalue weighted by Crippen LogP contribution is -2.08. The Morgan fingerprint density at radius 2 is 1.04 bits per heavy atom. The van der Waals surface area contributed by atoms with Gasteiger partial charge in [0, 0.05) is 11.1 Å². The number of aromatic nitrogens is 2. The minimum Gasteiger partial charge on any atom is -0.437 e. The van der Waals surface area contributed by atoms with E-state index in [1.165, 1.54) is 0 Å². The molecule has 0 bridgehead atoms. The first kappa shape index (κ1) is 16.1. The Kier molecular flexibility index (Phi) is 3.62. The molecule has 6 heteroatoms. The predicted molar refractivity (Wildman–Crippen MR) is 105 cm³/mol. The quantitative estimate of drug-likeness (QED) is 0.468. The highest BCUT2D eigenvalue weighted by molar-refractivity contribution is 5.78. The number of nitrogens with zero attached hydrogens (tertiary/aromatic N) is 2. The van der Waals surface area contributed by atoms with Crippen molar-refractivity contribution < 1.29 is 8.83 Å². The summed E-state index contributed by atoms with van der Waals surface area (Å²) in [6.45, 7) is 0. The van der Waals surface area contributed by atoms with E-state index in [4.69, 9.17) is 8.83 Å². The summed E-state index contributed by atoms with van der Waals surface area (Å²) in [4.78, 5) is 32.6.